The molecule has 0 spiro atoms. The number of nitrogens with zero attached hydrogens (tertiary/aromatic N) is 1. The van der Waals surface area contributed by atoms with Crippen molar-refractivity contribution < 1.29 is 33.6 Å². The number of hydrogen-bond acceptors (Lipinski definition) is 7. The van der Waals surface area contributed by atoms with Crippen molar-refractivity contribution in [3.05, 3.63) is 57.6 Å². The largest absolute Gasteiger partial charge is 0.507 e. The van der Waals surface area contributed by atoms with Gasteiger partial charge in [-0.3, -0.25) is 9.59 Å². The average Bonchev–Trinajstić information content (AvgIpc) is 3.46. The topological polar surface area (TPSA) is 94.5 Å². The molecule has 192 valence electrons. The number of likely N-dealkylation sites (tertiary alicyclic amines) is 1. The van der Waals surface area contributed by atoms with Crippen LogP contribution in [0.1, 0.15) is 42.5 Å². The number of rotatable bonds is 8. The summed E-state index contributed by atoms with van der Waals surface area (Å²) in [7, 11) is 2.95. The molecule has 36 heavy (non-hydrogen) atoms. The summed E-state index contributed by atoms with van der Waals surface area (Å²) in [4.78, 5) is 28.2. The van der Waals surface area contributed by atoms with Gasteiger partial charge in [0.2, 0.25) is 0 Å². The van der Waals surface area contributed by atoms with Crippen molar-refractivity contribution in [2.75, 3.05) is 34.0 Å². The Hall–Kier alpha value is -3.23. The smallest absolute Gasteiger partial charge is 0.295 e. The standard InChI is InChI=1S/C27H30ClNO7/c1-5-35-20-9-8-16(13-21(20)33-3)23-22(24(30)18-11-15(2)12-19(28)26(18)34-4)25(31)27(32)29(23)14-17-7-6-10-36-17/h8-9,11-13,17,23,30H,5-7,10,14H2,1-4H3/b24-22+. The number of ether oxygens (including phenoxy) is 4. The zero-order valence-corrected chi connectivity index (χ0v) is 21.6. The molecule has 2 saturated heterocycles. The summed E-state index contributed by atoms with van der Waals surface area (Å²) in [6, 6.07) is 7.71. The van der Waals surface area contributed by atoms with Gasteiger partial charge in [-0.1, -0.05) is 17.7 Å². The second-order valence-corrected chi connectivity index (χ2v) is 9.16. The second-order valence-electron chi connectivity index (χ2n) is 8.76. The first-order valence-electron chi connectivity index (χ1n) is 11.9. The summed E-state index contributed by atoms with van der Waals surface area (Å²) in [5.74, 6) is -0.651. The predicted molar refractivity (Wildman–Crippen MR) is 135 cm³/mol. The van der Waals surface area contributed by atoms with Crippen LogP contribution in [0.15, 0.2) is 35.9 Å². The first kappa shape index (κ1) is 25.9. The Morgan fingerprint density at radius 2 is 1.94 bits per heavy atom. The Kier molecular flexibility index (Phi) is 7.76. The van der Waals surface area contributed by atoms with Gasteiger partial charge in [0.1, 0.15) is 11.5 Å². The van der Waals surface area contributed by atoms with E-state index in [1.165, 1.54) is 19.1 Å². The number of aryl methyl sites for hydroxylation is 1. The average molecular weight is 516 g/mol. The molecule has 0 aliphatic carbocycles. The second kappa shape index (κ2) is 10.8. The van der Waals surface area contributed by atoms with Gasteiger partial charge in [0, 0.05) is 13.2 Å². The molecule has 0 saturated carbocycles. The highest BCUT2D eigenvalue weighted by Crippen LogP contribution is 2.44. The fourth-order valence-electron chi connectivity index (χ4n) is 4.81. The van der Waals surface area contributed by atoms with Crippen LogP contribution in [-0.4, -0.2) is 61.8 Å². The van der Waals surface area contributed by atoms with Crippen LogP contribution in [0, 0.1) is 6.92 Å². The minimum atomic E-state index is -0.872. The van der Waals surface area contributed by atoms with E-state index in [2.05, 4.69) is 0 Å². The molecule has 8 nitrogen and oxygen atoms in total. The molecule has 1 N–H and O–H groups in total. The number of hydrogen-bond donors (Lipinski definition) is 1. The van der Waals surface area contributed by atoms with Crippen LogP contribution in [0.2, 0.25) is 5.02 Å². The number of Topliss-reactive ketones (excluding diaryl/α,β-unsaturated/α-hetero) is 1. The fraction of sp³-hybridized carbons (Fsp3) is 0.407. The van der Waals surface area contributed by atoms with Crippen LogP contribution in [0.5, 0.6) is 17.2 Å². The summed E-state index contributed by atoms with van der Waals surface area (Å²) >= 11 is 6.36. The van der Waals surface area contributed by atoms with E-state index in [9.17, 15) is 14.7 Å². The lowest BCUT2D eigenvalue weighted by Gasteiger charge is -2.28. The first-order valence-corrected chi connectivity index (χ1v) is 12.2. The summed E-state index contributed by atoms with van der Waals surface area (Å²) in [5.41, 5.74) is 1.53. The van der Waals surface area contributed by atoms with E-state index < -0.39 is 17.7 Å². The van der Waals surface area contributed by atoms with Crippen LogP contribution in [-0.2, 0) is 14.3 Å². The lowest BCUT2D eigenvalue weighted by molar-refractivity contribution is -0.140. The Morgan fingerprint density at radius 3 is 2.58 bits per heavy atom. The number of carbonyl (C=O) groups excluding carboxylic acids is 2. The number of carbonyl (C=O) groups is 2. The van der Waals surface area contributed by atoms with Crippen molar-refractivity contribution in [3.8, 4) is 17.2 Å². The minimum absolute atomic E-state index is 0.0517. The number of aliphatic hydroxyl groups excluding tert-OH is 1. The van der Waals surface area contributed by atoms with Gasteiger partial charge in [0.25, 0.3) is 11.7 Å². The molecule has 9 heteroatoms. The summed E-state index contributed by atoms with van der Waals surface area (Å²) < 4.78 is 22.3. The lowest BCUT2D eigenvalue weighted by Crippen LogP contribution is -2.36. The highest BCUT2D eigenvalue weighted by Gasteiger charge is 2.47. The highest BCUT2D eigenvalue weighted by atomic mass is 35.5. The molecule has 2 aliphatic heterocycles. The van der Waals surface area contributed by atoms with Crippen molar-refractivity contribution >= 4 is 29.1 Å². The van der Waals surface area contributed by atoms with E-state index in [0.29, 0.717) is 30.3 Å². The summed E-state index contributed by atoms with van der Waals surface area (Å²) in [6.45, 7) is 4.95. The van der Waals surface area contributed by atoms with Gasteiger partial charge in [0.05, 0.1) is 49.1 Å². The Labute approximate surface area is 215 Å². The highest BCUT2D eigenvalue weighted by molar-refractivity contribution is 6.46. The van der Waals surface area contributed by atoms with Crippen LogP contribution in [0.25, 0.3) is 5.76 Å². The van der Waals surface area contributed by atoms with Gasteiger partial charge in [-0.2, -0.15) is 0 Å². The van der Waals surface area contributed by atoms with Gasteiger partial charge in [-0.25, -0.2) is 0 Å². The van der Waals surface area contributed by atoms with E-state index in [1.807, 2.05) is 13.8 Å². The molecule has 4 rings (SSSR count). The van der Waals surface area contributed by atoms with Crippen molar-refractivity contribution in [1.29, 1.82) is 0 Å². The monoisotopic (exact) mass is 515 g/mol. The third kappa shape index (κ3) is 4.75. The number of amides is 1. The molecule has 0 aromatic heterocycles. The van der Waals surface area contributed by atoms with Crippen molar-refractivity contribution in [1.82, 2.24) is 4.90 Å². The molecule has 0 radical (unpaired) electrons. The number of halogens is 1. The number of ketones is 1. The number of benzene rings is 2. The van der Waals surface area contributed by atoms with Gasteiger partial charge in [-0.05, 0) is 62.1 Å². The van der Waals surface area contributed by atoms with Crippen molar-refractivity contribution in [2.45, 2.75) is 38.8 Å². The van der Waals surface area contributed by atoms with E-state index in [1.54, 1.807) is 30.3 Å². The van der Waals surface area contributed by atoms with Crippen LogP contribution in [0.3, 0.4) is 0 Å². The summed E-state index contributed by atoms with van der Waals surface area (Å²) in [5, 5.41) is 11.8. The van der Waals surface area contributed by atoms with Gasteiger partial charge in [0.15, 0.2) is 11.5 Å². The molecule has 2 aromatic carbocycles. The molecule has 2 aliphatic rings. The maximum absolute atomic E-state index is 13.4. The lowest BCUT2D eigenvalue weighted by atomic mass is 9.94. The van der Waals surface area contributed by atoms with Crippen LogP contribution in [0.4, 0.5) is 0 Å². The molecule has 2 fully saturated rings. The normalized spacial score (nSPS) is 21.2. The van der Waals surface area contributed by atoms with E-state index in [4.69, 9.17) is 30.5 Å². The fourth-order valence-corrected chi connectivity index (χ4v) is 5.16. The molecular formula is C27H30ClNO7. The number of aliphatic hydroxyl groups is 1. The van der Waals surface area contributed by atoms with Gasteiger partial charge in [-0.15, -0.1) is 0 Å². The Bertz CT molecular complexity index is 1200. The Balaban J connectivity index is 1.91. The zero-order valence-electron chi connectivity index (χ0n) is 20.8. The predicted octanol–water partition coefficient (Wildman–Crippen LogP) is 4.67. The van der Waals surface area contributed by atoms with Gasteiger partial charge >= 0.3 is 0 Å². The Morgan fingerprint density at radius 1 is 1.17 bits per heavy atom. The molecule has 2 unspecified atom stereocenters. The third-order valence-corrected chi connectivity index (χ3v) is 6.70. The molecule has 2 heterocycles. The number of methoxy groups -OCH3 is 2. The minimum Gasteiger partial charge on any atom is -0.507 e. The molecule has 2 aromatic rings. The van der Waals surface area contributed by atoms with Gasteiger partial charge < -0.3 is 29.0 Å². The molecule has 2 atom stereocenters. The van der Waals surface area contributed by atoms with Crippen molar-refractivity contribution in [2.24, 2.45) is 0 Å². The van der Waals surface area contributed by atoms with E-state index >= 15 is 0 Å². The third-order valence-electron chi connectivity index (χ3n) is 6.41. The van der Waals surface area contributed by atoms with Crippen LogP contribution < -0.4 is 14.2 Å². The molecule has 1 amide bonds. The quantitative estimate of drug-likeness (QED) is 0.310. The molecular weight excluding hydrogens is 486 g/mol. The van der Waals surface area contributed by atoms with E-state index in [-0.39, 0.29) is 40.3 Å². The molecule has 0 bridgehead atoms. The van der Waals surface area contributed by atoms with Crippen molar-refractivity contribution in [3.63, 3.8) is 0 Å². The maximum Gasteiger partial charge on any atom is 0.295 e. The van der Waals surface area contributed by atoms with E-state index in [0.717, 1.165) is 18.4 Å². The SMILES string of the molecule is CCOc1ccc(C2/C(=C(\O)c3cc(C)cc(Cl)c3OC)C(=O)C(=O)N2CC2CCCO2)cc1OC. The zero-order chi connectivity index (χ0) is 26.0. The first-order chi connectivity index (χ1) is 17.3. The summed E-state index contributed by atoms with van der Waals surface area (Å²) in [6.07, 6.45) is 1.47. The maximum atomic E-state index is 13.4. The van der Waals surface area contributed by atoms with Crippen LogP contribution >= 0.6 is 11.6 Å².